The van der Waals surface area contributed by atoms with Crippen molar-refractivity contribution in [3.63, 3.8) is 0 Å². The zero-order chi connectivity index (χ0) is 38.9. The first-order valence-electron chi connectivity index (χ1n) is 20.4. The van der Waals surface area contributed by atoms with E-state index < -0.39 is 0 Å². The van der Waals surface area contributed by atoms with Crippen LogP contribution in [-0.2, 0) is 0 Å². The van der Waals surface area contributed by atoms with Gasteiger partial charge in [0.15, 0.2) is 0 Å². The Morgan fingerprint density at radius 1 is 0.220 bits per heavy atom. The third-order valence-electron chi connectivity index (χ3n) is 12.3. The van der Waals surface area contributed by atoms with Crippen molar-refractivity contribution in [3.8, 4) is 55.6 Å². The van der Waals surface area contributed by atoms with Crippen molar-refractivity contribution < 1.29 is 0 Å². The van der Waals surface area contributed by atoms with Crippen molar-refractivity contribution in [1.29, 1.82) is 0 Å². The molecule has 0 spiro atoms. The molecule has 12 rings (SSSR count). The first-order valence-corrected chi connectivity index (χ1v) is 20.4. The van der Waals surface area contributed by atoms with Crippen LogP contribution in [0.25, 0.3) is 98.7 Å². The smallest absolute Gasteiger partial charge is 0.0540 e. The Kier molecular flexibility index (Phi) is 7.61. The molecular weight excluding hydrogens is 711 g/mol. The van der Waals surface area contributed by atoms with Crippen LogP contribution in [0, 0.1) is 0 Å². The van der Waals surface area contributed by atoms with Gasteiger partial charge in [-0.15, -0.1) is 0 Å². The maximum absolute atomic E-state index is 2.42. The molecule has 0 saturated heterocycles. The Morgan fingerprint density at radius 2 is 0.661 bits per heavy atom. The van der Waals surface area contributed by atoms with Gasteiger partial charge in [-0.3, -0.25) is 0 Å². The predicted octanol–water partition coefficient (Wildman–Crippen LogP) is 16.4. The summed E-state index contributed by atoms with van der Waals surface area (Å²) in [5, 5.41) is 10.1. The van der Waals surface area contributed by atoms with E-state index in [1.54, 1.807) is 0 Å². The van der Waals surface area contributed by atoms with E-state index in [0.29, 0.717) is 0 Å². The summed E-state index contributed by atoms with van der Waals surface area (Å²) in [6, 6.07) is 82.5. The first kappa shape index (κ1) is 33.4. The van der Waals surface area contributed by atoms with Crippen LogP contribution < -0.4 is 4.90 Å². The van der Waals surface area contributed by atoms with Gasteiger partial charge < -0.3 is 4.90 Å². The summed E-state index contributed by atoms with van der Waals surface area (Å²) in [5.74, 6) is 0. The maximum atomic E-state index is 2.42. The Bertz CT molecular complexity index is 3400. The number of hydrogen-bond donors (Lipinski definition) is 0. The van der Waals surface area contributed by atoms with Crippen LogP contribution in [0.4, 0.5) is 17.1 Å². The summed E-state index contributed by atoms with van der Waals surface area (Å²) in [4.78, 5) is 2.42. The van der Waals surface area contributed by atoms with Crippen LogP contribution in [0.2, 0.25) is 0 Å². The van der Waals surface area contributed by atoms with Crippen LogP contribution in [0.3, 0.4) is 0 Å². The highest BCUT2D eigenvalue weighted by atomic mass is 15.1. The lowest BCUT2D eigenvalue weighted by Gasteiger charge is -2.30. The minimum atomic E-state index is 1.11. The second-order valence-electron chi connectivity index (χ2n) is 15.7. The van der Waals surface area contributed by atoms with Crippen molar-refractivity contribution >= 4 is 60.2 Å². The summed E-state index contributed by atoms with van der Waals surface area (Å²) in [6.45, 7) is 0. The normalized spacial score (nSPS) is 11.7. The Hall–Kier alpha value is -7.74. The molecule has 11 aromatic rings. The van der Waals surface area contributed by atoms with Crippen LogP contribution in [0.15, 0.2) is 224 Å². The molecule has 0 radical (unpaired) electrons. The molecular formula is C58H37N. The van der Waals surface area contributed by atoms with E-state index in [-0.39, 0.29) is 0 Å². The lowest BCUT2D eigenvalue weighted by atomic mass is 9.77. The standard InChI is InChI=1S/C58H37N/c1-3-10-38(11-4-1)40-22-27-49(28-23-40)59(50-29-24-41(25-30-50)44-26-31-52-47(32-44)21-18-42-14-7-8-16-51(42)52)58-17-9-15-46-35-55-54-34-45-20-19-43(39-12-5-2-6-13-39)33-48(45)36-56(54)57(55)37-53(46)58/h1-37H. The van der Waals surface area contributed by atoms with Crippen LogP contribution in [0.5, 0.6) is 0 Å². The van der Waals surface area contributed by atoms with E-state index in [9.17, 15) is 0 Å². The molecule has 0 unspecified atom stereocenters. The van der Waals surface area contributed by atoms with E-state index in [1.807, 2.05) is 0 Å². The van der Waals surface area contributed by atoms with Gasteiger partial charge in [0.25, 0.3) is 0 Å². The molecule has 0 atom stereocenters. The van der Waals surface area contributed by atoms with Gasteiger partial charge in [0.2, 0.25) is 0 Å². The average molecular weight is 748 g/mol. The molecule has 0 amide bonds. The molecule has 274 valence electrons. The number of fused-ring (bicyclic) bond motifs is 9. The number of benzene rings is 11. The van der Waals surface area contributed by atoms with Gasteiger partial charge in [-0.25, -0.2) is 0 Å². The highest BCUT2D eigenvalue weighted by molar-refractivity contribution is 6.14. The third kappa shape index (κ3) is 5.62. The zero-order valence-electron chi connectivity index (χ0n) is 32.3. The van der Waals surface area contributed by atoms with E-state index in [1.165, 1.54) is 98.7 Å². The van der Waals surface area contributed by atoms with Gasteiger partial charge >= 0.3 is 0 Å². The van der Waals surface area contributed by atoms with E-state index in [4.69, 9.17) is 0 Å². The molecule has 1 heteroatoms. The highest BCUT2D eigenvalue weighted by Gasteiger charge is 2.26. The van der Waals surface area contributed by atoms with Crippen LogP contribution in [0.1, 0.15) is 0 Å². The van der Waals surface area contributed by atoms with Crippen molar-refractivity contribution in [1.82, 2.24) is 0 Å². The zero-order valence-corrected chi connectivity index (χ0v) is 32.3. The van der Waals surface area contributed by atoms with Gasteiger partial charge in [0.1, 0.15) is 0 Å². The van der Waals surface area contributed by atoms with Gasteiger partial charge in [-0.1, -0.05) is 158 Å². The quantitative estimate of drug-likeness (QED) is 0.153. The number of rotatable bonds is 6. The minimum absolute atomic E-state index is 1.11. The average Bonchev–Trinajstić information content (AvgIpc) is 3.31. The SMILES string of the molecule is c1ccc(-c2ccc(N(c3ccc(-c4ccc5c(ccc6ccccc65)c4)cc3)c3cccc4cc5c(cc34)-c3cc4cc(-c6ccccc6)ccc4cc3-5)cc2)cc1. The fourth-order valence-electron chi connectivity index (χ4n) is 9.30. The fraction of sp³-hybridized carbons (Fsp3) is 0. The molecule has 1 aliphatic rings. The summed E-state index contributed by atoms with van der Waals surface area (Å²) >= 11 is 0. The van der Waals surface area contributed by atoms with Crippen molar-refractivity contribution in [2.45, 2.75) is 0 Å². The Labute approximate surface area is 343 Å². The van der Waals surface area contributed by atoms with E-state index in [2.05, 4.69) is 229 Å². The highest BCUT2D eigenvalue weighted by Crippen LogP contribution is 2.52. The second-order valence-corrected chi connectivity index (χ2v) is 15.7. The molecule has 1 aliphatic carbocycles. The monoisotopic (exact) mass is 747 g/mol. The summed E-state index contributed by atoms with van der Waals surface area (Å²) in [7, 11) is 0. The van der Waals surface area contributed by atoms with Gasteiger partial charge in [-0.05, 0) is 160 Å². The molecule has 0 saturated carbocycles. The second kappa shape index (κ2) is 13.4. The van der Waals surface area contributed by atoms with Gasteiger partial charge in [0.05, 0.1) is 5.69 Å². The lowest BCUT2D eigenvalue weighted by Crippen LogP contribution is -2.11. The number of anilines is 3. The summed E-state index contributed by atoms with van der Waals surface area (Å²) in [5.41, 5.74) is 16.0. The van der Waals surface area contributed by atoms with Crippen LogP contribution in [-0.4, -0.2) is 0 Å². The molecule has 0 fully saturated rings. The largest absolute Gasteiger partial charge is 0.310 e. The Balaban J connectivity index is 0.965. The molecule has 0 bridgehead atoms. The third-order valence-corrected chi connectivity index (χ3v) is 12.3. The predicted molar refractivity (Wildman–Crippen MR) is 252 cm³/mol. The first-order chi connectivity index (χ1) is 29.2. The van der Waals surface area contributed by atoms with E-state index >= 15 is 0 Å². The lowest BCUT2D eigenvalue weighted by molar-refractivity contribution is 1.30. The summed E-state index contributed by atoms with van der Waals surface area (Å²) in [6.07, 6.45) is 0. The number of nitrogens with zero attached hydrogens (tertiary/aromatic N) is 1. The molecule has 59 heavy (non-hydrogen) atoms. The molecule has 0 aliphatic heterocycles. The molecule has 0 heterocycles. The molecule has 0 N–H and O–H groups in total. The van der Waals surface area contributed by atoms with Crippen molar-refractivity contribution in [2.75, 3.05) is 4.90 Å². The molecule has 1 nitrogen and oxygen atoms in total. The van der Waals surface area contributed by atoms with E-state index in [0.717, 1.165) is 17.1 Å². The fourth-order valence-corrected chi connectivity index (χ4v) is 9.30. The minimum Gasteiger partial charge on any atom is -0.310 e. The molecule has 11 aromatic carbocycles. The van der Waals surface area contributed by atoms with Gasteiger partial charge in [-0.2, -0.15) is 0 Å². The number of hydrogen-bond acceptors (Lipinski definition) is 1. The van der Waals surface area contributed by atoms with Gasteiger partial charge in [0, 0.05) is 16.8 Å². The van der Waals surface area contributed by atoms with Crippen LogP contribution >= 0.6 is 0 Å². The Morgan fingerprint density at radius 3 is 1.37 bits per heavy atom. The topological polar surface area (TPSA) is 3.24 Å². The summed E-state index contributed by atoms with van der Waals surface area (Å²) < 4.78 is 0. The maximum Gasteiger partial charge on any atom is 0.0540 e. The van der Waals surface area contributed by atoms with Crippen molar-refractivity contribution in [2.24, 2.45) is 0 Å². The van der Waals surface area contributed by atoms with Crippen molar-refractivity contribution in [3.05, 3.63) is 224 Å². The molecule has 0 aromatic heterocycles.